The van der Waals surface area contributed by atoms with Crippen LogP contribution in [0.2, 0.25) is 16.6 Å². The molecule has 0 spiro atoms. The first-order valence-electron chi connectivity index (χ1n) is 9.85. The first-order valence-corrected chi connectivity index (χ1v) is 12.0. The number of amides is 1. The van der Waals surface area contributed by atoms with Gasteiger partial charge in [0.25, 0.3) is 0 Å². The van der Waals surface area contributed by atoms with Crippen molar-refractivity contribution < 1.29 is 18.8 Å². The molecule has 0 bridgehead atoms. The van der Waals surface area contributed by atoms with Gasteiger partial charge in [-0.15, -0.1) is 0 Å². The molecule has 0 aromatic rings. The van der Waals surface area contributed by atoms with Crippen molar-refractivity contribution in [3.05, 3.63) is 0 Å². The van der Waals surface area contributed by atoms with Crippen LogP contribution >= 0.6 is 0 Å². The number of carbonyl (C=O) groups is 2. The topological polar surface area (TPSA) is 64.6 Å². The standard InChI is InChI=1S/C20H41NO4Si/c1-14(2)26(15(3)4,16(5)6)24-13-18(12-11-17(7)22)21-19(23)25-20(8,9)10/h14-16,18H,11-13H2,1-10H3,(H,21,23). The van der Waals surface area contributed by atoms with Gasteiger partial charge < -0.3 is 19.3 Å². The number of nitrogens with one attached hydrogen (secondary N) is 1. The number of rotatable bonds is 10. The van der Waals surface area contributed by atoms with Gasteiger partial charge in [0.15, 0.2) is 8.32 Å². The van der Waals surface area contributed by atoms with E-state index in [1.807, 2.05) is 20.8 Å². The van der Waals surface area contributed by atoms with E-state index >= 15 is 0 Å². The summed E-state index contributed by atoms with van der Waals surface area (Å²) in [4.78, 5) is 23.6. The molecule has 0 aliphatic carbocycles. The molecule has 26 heavy (non-hydrogen) atoms. The lowest BCUT2D eigenvalue weighted by Gasteiger charge is -2.43. The van der Waals surface area contributed by atoms with E-state index in [9.17, 15) is 9.59 Å². The highest BCUT2D eigenvalue weighted by molar-refractivity contribution is 6.77. The predicted octanol–water partition coefficient (Wildman–Crippen LogP) is 5.44. The van der Waals surface area contributed by atoms with Crippen LogP contribution in [0.3, 0.4) is 0 Å². The molecule has 0 saturated heterocycles. The highest BCUT2D eigenvalue weighted by Crippen LogP contribution is 2.42. The normalized spacial score (nSPS) is 14.0. The number of alkyl carbamates (subject to hydrolysis) is 1. The molecule has 6 heteroatoms. The number of ether oxygens (including phenoxy) is 1. The van der Waals surface area contributed by atoms with Gasteiger partial charge in [-0.05, 0) is 50.7 Å². The Bertz CT molecular complexity index is 433. The minimum atomic E-state index is -2.02. The maximum absolute atomic E-state index is 12.2. The third-order valence-electron chi connectivity index (χ3n) is 4.81. The molecule has 1 unspecified atom stereocenters. The fourth-order valence-electron chi connectivity index (χ4n) is 3.79. The summed E-state index contributed by atoms with van der Waals surface area (Å²) in [5, 5.41) is 2.90. The molecule has 0 heterocycles. The van der Waals surface area contributed by atoms with Crippen molar-refractivity contribution in [3.63, 3.8) is 0 Å². The van der Waals surface area contributed by atoms with Gasteiger partial charge in [0.1, 0.15) is 11.4 Å². The maximum atomic E-state index is 12.2. The molecule has 1 N–H and O–H groups in total. The number of Topliss-reactive ketones (excluding diaryl/α,β-unsaturated/α-hetero) is 1. The summed E-state index contributed by atoms with van der Waals surface area (Å²) in [6.07, 6.45) is 0.525. The summed E-state index contributed by atoms with van der Waals surface area (Å²) in [7, 11) is -2.02. The van der Waals surface area contributed by atoms with Crippen LogP contribution in [-0.4, -0.2) is 38.4 Å². The number of ketones is 1. The largest absolute Gasteiger partial charge is 0.444 e. The van der Waals surface area contributed by atoms with E-state index in [2.05, 4.69) is 46.9 Å². The van der Waals surface area contributed by atoms with Gasteiger partial charge in [-0.3, -0.25) is 0 Å². The fraction of sp³-hybridized carbons (Fsp3) is 0.900. The van der Waals surface area contributed by atoms with Crippen molar-refractivity contribution in [3.8, 4) is 0 Å². The van der Waals surface area contributed by atoms with Gasteiger partial charge in [-0.25, -0.2) is 4.79 Å². The van der Waals surface area contributed by atoms with Crippen LogP contribution in [0.4, 0.5) is 4.79 Å². The highest BCUT2D eigenvalue weighted by atomic mass is 28.4. The average molecular weight is 388 g/mol. The monoisotopic (exact) mass is 387 g/mol. The molecule has 0 aromatic heterocycles. The molecule has 0 rings (SSSR count). The van der Waals surface area contributed by atoms with E-state index in [1.54, 1.807) is 6.92 Å². The van der Waals surface area contributed by atoms with Crippen LogP contribution in [-0.2, 0) is 14.0 Å². The van der Waals surface area contributed by atoms with Crippen LogP contribution in [0.25, 0.3) is 0 Å². The third-order valence-corrected chi connectivity index (χ3v) is 10.9. The smallest absolute Gasteiger partial charge is 0.407 e. The van der Waals surface area contributed by atoms with Crippen LogP contribution in [0, 0.1) is 0 Å². The zero-order chi connectivity index (χ0) is 20.7. The Kier molecular flexibility index (Phi) is 10.1. The second kappa shape index (κ2) is 10.5. The predicted molar refractivity (Wildman–Crippen MR) is 110 cm³/mol. The molecule has 0 radical (unpaired) electrons. The second-order valence-corrected chi connectivity index (χ2v) is 14.7. The van der Waals surface area contributed by atoms with E-state index in [-0.39, 0.29) is 11.8 Å². The number of carbonyl (C=O) groups excluding carboxylic acids is 2. The molecular weight excluding hydrogens is 346 g/mol. The summed E-state index contributed by atoms with van der Waals surface area (Å²) in [6.45, 7) is 20.9. The van der Waals surface area contributed by atoms with Crippen LogP contribution in [0.15, 0.2) is 0 Å². The molecule has 154 valence electrons. The Morgan fingerprint density at radius 1 is 0.962 bits per heavy atom. The highest BCUT2D eigenvalue weighted by Gasteiger charge is 2.45. The summed E-state index contributed by atoms with van der Waals surface area (Å²) in [5.74, 6) is 0.112. The molecule has 0 aliphatic heterocycles. The SMILES string of the molecule is CC(=O)CCC(CO[Si](C(C)C)(C(C)C)C(C)C)NC(=O)OC(C)(C)C. The van der Waals surface area contributed by atoms with Crippen molar-refractivity contribution in [2.75, 3.05) is 6.61 Å². The van der Waals surface area contributed by atoms with Crippen molar-refractivity contribution in [2.24, 2.45) is 0 Å². The average Bonchev–Trinajstić information content (AvgIpc) is 2.41. The van der Waals surface area contributed by atoms with Gasteiger partial charge >= 0.3 is 6.09 Å². The van der Waals surface area contributed by atoms with Gasteiger partial charge in [0.05, 0.1) is 12.6 Å². The van der Waals surface area contributed by atoms with E-state index in [4.69, 9.17) is 9.16 Å². The molecule has 0 aliphatic rings. The van der Waals surface area contributed by atoms with E-state index in [1.165, 1.54) is 0 Å². The molecule has 0 saturated carbocycles. The van der Waals surface area contributed by atoms with Gasteiger partial charge in [0, 0.05) is 6.42 Å². The molecule has 1 atom stereocenters. The summed E-state index contributed by atoms with van der Waals surface area (Å²) in [6, 6.07) is -0.225. The lowest BCUT2D eigenvalue weighted by Crippen LogP contribution is -2.51. The Labute approximate surface area is 161 Å². The third kappa shape index (κ3) is 8.21. The summed E-state index contributed by atoms with van der Waals surface area (Å²) < 4.78 is 12.0. The zero-order valence-electron chi connectivity index (χ0n) is 18.6. The molecule has 5 nitrogen and oxygen atoms in total. The Hall–Kier alpha value is -0.883. The first kappa shape index (κ1) is 25.1. The van der Waals surface area contributed by atoms with Crippen molar-refractivity contribution in [1.82, 2.24) is 5.32 Å². The number of hydrogen-bond donors (Lipinski definition) is 1. The van der Waals surface area contributed by atoms with E-state index in [0.29, 0.717) is 36.1 Å². The second-order valence-electron chi connectivity index (χ2n) is 9.21. The molecule has 0 fully saturated rings. The van der Waals surface area contributed by atoms with Gasteiger partial charge in [-0.1, -0.05) is 41.5 Å². The summed E-state index contributed by atoms with van der Waals surface area (Å²) in [5.41, 5.74) is 0.856. The molecular formula is C20H41NO4Si. The lowest BCUT2D eigenvalue weighted by molar-refractivity contribution is -0.117. The van der Waals surface area contributed by atoms with Gasteiger partial charge in [-0.2, -0.15) is 0 Å². The van der Waals surface area contributed by atoms with Crippen LogP contribution < -0.4 is 5.32 Å². The zero-order valence-corrected chi connectivity index (χ0v) is 19.6. The van der Waals surface area contributed by atoms with Crippen LogP contribution in [0.5, 0.6) is 0 Å². The first-order chi connectivity index (χ1) is 11.7. The van der Waals surface area contributed by atoms with Crippen molar-refractivity contribution >= 4 is 20.2 Å². The Balaban J connectivity index is 5.20. The minimum Gasteiger partial charge on any atom is -0.444 e. The Morgan fingerprint density at radius 3 is 1.77 bits per heavy atom. The van der Waals surface area contributed by atoms with Crippen molar-refractivity contribution in [1.29, 1.82) is 0 Å². The lowest BCUT2D eigenvalue weighted by atomic mass is 10.1. The maximum Gasteiger partial charge on any atom is 0.407 e. The quantitative estimate of drug-likeness (QED) is 0.507. The fourth-order valence-corrected chi connectivity index (χ4v) is 9.28. The van der Waals surface area contributed by atoms with E-state index in [0.717, 1.165) is 0 Å². The molecule has 1 amide bonds. The van der Waals surface area contributed by atoms with Crippen LogP contribution in [0.1, 0.15) is 82.1 Å². The minimum absolute atomic E-state index is 0.112. The van der Waals surface area contributed by atoms with Crippen molar-refractivity contribution in [2.45, 2.75) is 110 Å². The Morgan fingerprint density at radius 2 is 1.42 bits per heavy atom. The van der Waals surface area contributed by atoms with Gasteiger partial charge in [0.2, 0.25) is 0 Å². The van der Waals surface area contributed by atoms with E-state index < -0.39 is 20.0 Å². The summed E-state index contributed by atoms with van der Waals surface area (Å²) >= 11 is 0. The number of hydrogen-bond acceptors (Lipinski definition) is 4. The molecule has 0 aromatic carbocycles.